The van der Waals surface area contributed by atoms with E-state index in [1.165, 1.54) is 6.07 Å². The van der Waals surface area contributed by atoms with Crippen molar-refractivity contribution in [1.29, 1.82) is 0 Å². The van der Waals surface area contributed by atoms with Crippen molar-refractivity contribution in [2.24, 2.45) is 5.16 Å². The third-order valence-corrected chi connectivity index (χ3v) is 3.38. The summed E-state index contributed by atoms with van der Waals surface area (Å²) in [6, 6.07) is 12.0. The molecule has 0 radical (unpaired) electrons. The lowest BCUT2D eigenvalue weighted by molar-refractivity contribution is -0.110. The molecule has 6 heteroatoms. The number of carbonyl (C=O) groups excluding carboxylic acids is 1. The number of para-hydroxylation sites is 1. The van der Waals surface area contributed by atoms with Crippen LogP contribution < -0.4 is 5.32 Å². The van der Waals surface area contributed by atoms with Gasteiger partial charge in [-0.1, -0.05) is 45.4 Å². The Morgan fingerprint density at radius 3 is 2.86 bits per heavy atom. The predicted molar refractivity (Wildman–Crippen MR) is 87.2 cm³/mol. The number of carbonyl (C=O) groups is 1. The average Bonchev–Trinajstić information content (AvgIpc) is 2.48. The number of anilines is 1. The van der Waals surface area contributed by atoms with E-state index >= 15 is 0 Å². The third kappa shape index (κ3) is 4.66. The van der Waals surface area contributed by atoms with Gasteiger partial charge in [-0.15, -0.1) is 0 Å². The van der Waals surface area contributed by atoms with Gasteiger partial charge in [0.05, 0.1) is 0 Å². The van der Waals surface area contributed by atoms with E-state index in [0.29, 0.717) is 15.7 Å². The number of halogens is 2. The van der Waals surface area contributed by atoms with Gasteiger partial charge in [-0.05, 0) is 30.7 Å². The molecule has 0 bridgehead atoms. The maximum Gasteiger partial charge on any atom is 0.270 e. The third-order valence-electron chi connectivity index (χ3n) is 2.88. The molecule has 0 aliphatic rings. The van der Waals surface area contributed by atoms with Crippen molar-refractivity contribution in [3.8, 4) is 0 Å². The van der Waals surface area contributed by atoms with Gasteiger partial charge in [0.1, 0.15) is 18.6 Å². The van der Waals surface area contributed by atoms with Gasteiger partial charge in [0.15, 0.2) is 0 Å². The molecule has 0 saturated carbocycles. The van der Waals surface area contributed by atoms with Crippen molar-refractivity contribution < 1.29 is 14.0 Å². The van der Waals surface area contributed by atoms with Gasteiger partial charge in [-0.2, -0.15) is 0 Å². The maximum atomic E-state index is 13.5. The van der Waals surface area contributed by atoms with E-state index in [0.717, 1.165) is 11.8 Å². The molecule has 4 nitrogen and oxygen atoms in total. The number of nitrogens with zero attached hydrogens (tertiary/aromatic N) is 1. The quantitative estimate of drug-likeness (QED) is 0.642. The lowest BCUT2D eigenvalue weighted by atomic mass is 10.2. The van der Waals surface area contributed by atoms with E-state index in [4.69, 9.17) is 4.84 Å². The molecule has 0 fully saturated rings. The first-order valence-corrected chi connectivity index (χ1v) is 7.31. The molecule has 0 aromatic heterocycles. The molecule has 1 amide bonds. The molecular formula is C16H14BrFN2O2. The lowest BCUT2D eigenvalue weighted by Crippen LogP contribution is -2.13. The SMILES string of the molecule is Cc1ccccc1NC(=O)/C=N/OCc1ccc(Br)cc1F. The van der Waals surface area contributed by atoms with Crippen LogP contribution in [0, 0.1) is 12.7 Å². The summed E-state index contributed by atoms with van der Waals surface area (Å²) in [4.78, 5) is 16.6. The smallest absolute Gasteiger partial charge is 0.270 e. The molecule has 1 N–H and O–H groups in total. The van der Waals surface area contributed by atoms with Crippen molar-refractivity contribution in [3.63, 3.8) is 0 Å². The molecule has 2 rings (SSSR count). The van der Waals surface area contributed by atoms with Crippen LogP contribution in [0.15, 0.2) is 52.1 Å². The lowest BCUT2D eigenvalue weighted by Gasteiger charge is -2.05. The first-order chi connectivity index (χ1) is 10.6. The highest BCUT2D eigenvalue weighted by Gasteiger charge is 2.04. The second-order valence-electron chi connectivity index (χ2n) is 4.55. The van der Waals surface area contributed by atoms with Crippen LogP contribution in [0.2, 0.25) is 0 Å². The first kappa shape index (κ1) is 16.2. The van der Waals surface area contributed by atoms with Crippen molar-refractivity contribution in [2.45, 2.75) is 13.5 Å². The van der Waals surface area contributed by atoms with Crippen LogP contribution in [0.1, 0.15) is 11.1 Å². The molecule has 0 heterocycles. The topological polar surface area (TPSA) is 50.7 Å². The summed E-state index contributed by atoms with van der Waals surface area (Å²) in [6.07, 6.45) is 1.02. The van der Waals surface area contributed by atoms with Gasteiger partial charge in [0.25, 0.3) is 5.91 Å². The number of rotatable bonds is 5. The number of aryl methyl sites for hydroxylation is 1. The summed E-state index contributed by atoms with van der Waals surface area (Å²) >= 11 is 3.17. The molecule has 0 aliphatic heterocycles. The van der Waals surface area contributed by atoms with Crippen molar-refractivity contribution in [1.82, 2.24) is 0 Å². The van der Waals surface area contributed by atoms with Crippen molar-refractivity contribution in [3.05, 3.63) is 63.9 Å². The Morgan fingerprint density at radius 1 is 1.36 bits per heavy atom. The first-order valence-electron chi connectivity index (χ1n) is 6.52. The summed E-state index contributed by atoms with van der Waals surface area (Å²) in [7, 11) is 0. The number of nitrogens with one attached hydrogen (secondary N) is 1. The molecule has 2 aromatic rings. The van der Waals surface area contributed by atoms with Crippen molar-refractivity contribution in [2.75, 3.05) is 5.32 Å². The molecular weight excluding hydrogens is 351 g/mol. The molecule has 0 atom stereocenters. The van der Waals surface area contributed by atoms with Gasteiger partial charge in [-0.3, -0.25) is 4.79 Å². The molecule has 22 heavy (non-hydrogen) atoms. The summed E-state index contributed by atoms with van der Waals surface area (Å²) in [5.74, 6) is -0.806. The zero-order valence-corrected chi connectivity index (χ0v) is 13.4. The number of benzene rings is 2. The van der Waals surface area contributed by atoms with E-state index in [9.17, 15) is 9.18 Å². The summed E-state index contributed by atoms with van der Waals surface area (Å²) in [5.41, 5.74) is 2.01. The number of hydrogen-bond acceptors (Lipinski definition) is 3. The summed E-state index contributed by atoms with van der Waals surface area (Å²) < 4.78 is 14.2. The van der Waals surface area contributed by atoms with Crippen LogP contribution in [0.5, 0.6) is 0 Å². The highest BCUT2D eigenvalue weighted by molar-refractivity contribution is 9.10. The fourth-order valence-corrected chi connectivity index (χ4v) is 2.04. The highest BCUT2D eigenvalue weighted by Crippen LogP contribution is 2.16. The van der Waals surface area contributed by atoms with Crippen LogP contribution >= 0.6 is 15.9 Å². The van der Waals surface area contributed by atoms with Crippen LogP contribution in [-0.2, 0) is 16.2 Å². The van der Waals surface area contributed by atoms with Crippen molar-refractivity contribution >= 4 is 33.7 Å². The van der Waals surface area contributed by atoms with E-state index in [1.54, 1.807) is 18.2 Å². The Balaban J connectivity index is 1.85. The molecule has 0 unspecified atom stereocenters. The Hall–Kier alpha value is -2.21. The minimum Gasteiger partial charge on any atom is -0.391 e. The average molecular weight is 365 g/mol. The van der Waals surface area contributed by atoms with Crippen LogP contribution in [0.4, 0.5) is 10.1 Å². The minimum absolute atomic E-state index is 0.0484. The number of amides is 1. The molecule has 0 aliphatic carbocycles. The van der Waals surface area contributed by atoms with E-state index in [2.05, 4.69) is 26.4 Å². The van der Waals surface area contributed by atoms with Gasteiger partial charge in [0, 0.05) is 15.7 Å². The Kier molecular flexibility index (Phi) is 5.66. The Labute approximate surface area is 136 Å². The predicted octanol–water partition coefficient (Wildman–Crippen LogP) is 4.04. The van der Waals surface area contributed by atoms with Gasteiger partial charge in [-0.25, -0.2) is 4.39 Å². The summed E-state index contributed by atoms with van der Waals surface area (Å²) in [5, 5.41) is 6.22. The molecule has 0 spiro atoms. The normalized spacial score (nSPS) is 10.7. The fraction of sp³-hybridized carbons (Fsp3) is 0.125. The molecule has 0 saturated heterocycles. The van der Waals surface area contributed by atoms with E-state index in [1.807, 2.05) is 25.1 Å². The minimum atomic E-state index is -0.412. The fourth-order valence-electron chi connectivity index (χ4n) is 1.71. The second-order valence-corrected chi connectivity index (χ2v) is 5.46. The van der Waals surface area contributed by atoms with E-state index in [-0.39, 0.29) is 6.61 Å². The Morgan fingerprint density at radius 2 is 2.14 bits per heavy atom. The van der Waals surface area contributed by atoms with Crippen LogP contribution in [-0.4, -0.2) is 12.1 Å². The maximum absolute atomic E-state index is 13.5. The monoisotopic (exact) mass is 364 g/mol. The van der Waals surface area contributed by atoms with Crippen LogP contribution in [0.3, 0.4) is 0 Å². The second kappa shape index (κ2) is 7.70. The van der Waals surface area contributed by atoms with Gasteiger partial charge < -0.3 is 10.2 Å². The van der Waals surface area contributed by atoms with Gasteiger partial charge >= 0.3 is 0 Å². The van der Waals surface area contributed by atoms with Gasteiger partial charge in [0.2, 0.25) is 0 Å². The van der Waals surface area contributed by atoms with Crippen LogP contribution in [0.25, 0.3) is 0 Å². The number of oxime groups is 1. The standard InChI is InChI=1S/C16H14BrFN2O2/c1-11-4-2-3-5-15(11)20-16(21)9-19-22-10-12-6-7-13(17)8-14(12)18/h2-9H,10H2,1H3,(H,20,21)/b19-9+. The molecule has 114 valence electrons. The number of hydrogen-bond donors (Lipinski definition) is 1. The largest absolute Gasteiger partial charge is 0.391 e. The Bertz CT molecular complexity index is 704. The zero-order valence-electron chi connectivity index (χ0n) is 11.8. The zero-order chi connectivity index (χ0) is 15.9. The van der Waals surface area contributed by atoms with E-state index < -0.39 is 11.7 Å². The molecule has 2 aromatic carbocycles. The summed E-state index contributed by atoms with van der Waals surface area (Å²) in [6.45, 7) is 1.84. The highest BCUT2D eigenvalue weighted by atomic mass is 79.9.